The first-order chi connectivity index (χ1) is 10.6. The molecule has 0 spiro atoms. The number of ether oxygens (including phenoxy) is 1. The molecule has 0 radical (unpaired) electrons. The second kappa shape index (κ2) is 6.37. The molecular formula is C14H14FN3O3S. The Morgan fingerprint density at radius 1 is 1.59 bits per heavy atom. The molecular weight excluding hydrogens is 309 g/mol. The van der Waals surface area contributed by atoms with Crippen molar-refractivity contribution < 1.29 is 13.9 Å². The van der Waals surface area contributed by atoms with Crippen molar-refractivity contribution in [3.8, 4) is 0 Å². The lowest BCUT2D eigenvalue weighted by Gasteiger charge is -2.12. The third-order valence-electron chi connectivity index (χ3n) is 3.35. The maximum Gasteiger partial charge on any atom is 0.349 e. The highest BCUT2D eigenvalue weighted by molar-refractivity contribution is 7.12. The zero-order valence-electron chi connectivity index (χ0n) is 11.6. The van der Waals surface area contributed by atoms with E-state index in [4.69, 9.17) is 4.74 Å². The molecule has 8 heteroatoms. The standard InChI is InChI=1S/C14H14FN3O3S/c15-10-8-18(7-9-3-1-5-21-9)14(20)17-12(10)16-13(19)11-4-2-6-22-11/h2,4,6,8-9H,1,3,5,7H2,(H,16,17,19,20). The molecule has 0 bridgehead atoms. The molecule has 1 N–H and O–H groups in total. The van der Waals surface area contributed by atoms with Gasteiger partial charge in [-0.25, -0.2) is 9.18 Å². The van der Waals surface area contributed by atoms with Crippen molar-refractivity contribution in [1.82, 2.24) is 9.55 Å². The van der Waals surface area contributed by atoms with Crippen LogP contribution in [0.15, 0.2) is 28.5 Å². The Morgan fingerprint density at radius 3 is 3.14 bits per heavy atom. The number of carbonyl (C=O) groups excluding carboxylic acids is 1. The number of nitrogens with one attached hydrogen (secondary N) is 1. The lowest BCUT2D eigenvalue weighted by Crippen LogP contribution is -2.30. The molecule has 1 amide bonds. The Balaban J connectivity index is 1.77. The molecule has 1 saturated heterocycles. The minimum Gasteiger partial charge on any atom is -0.376 e. The van der Waals surface area contributed by atoms with Crippen molar-refractivity contribution in [2.75, 3.05) is 11.9 Å². The minimum absolute atomic E-state index is 0.0922. The number of thiophene rings is 1. The van der Waals surface area contributed by atoms with E-state index in [9.17, 15) is 14.0 Å². The monoisotopic (exact) mass is 323 g/mol. The SMILES string of the molecule is O=C(Nc1nc(=O)n(CC2CCCO2)cc1F)c1cccs1. The van der Waals surface area contributed by atoms with Gasteiger partial charge in [-0.1, -0.05) is 6.07 Å². The van der Waals surface area contributed by atoms with Crippen LogP contribution in [0.1, 0.15) is 22.5 Å². The third-order valence-corrected chi connectivity index (χ3v) is 4.22. The molecule has 3 rings (SSSR count). The number of halogens is 1. The fourth-order valence-electron chi connectivity index (χ4n) is 2.27. The van der Waals surface area contributed by atoms with E-state index in [1.807, 2.05) is 0 Å². The topological polar surface area (TPSA) is 73.2 Å². The van der Waals surface area contributed by atoms with Crippen LogP contribution in [0.2, 0.25) is 0 Å². The average molecular weight is 323 g/mol. The maximum atomic E-state index is 14.0. The minimum atomic E-state index is -0.748. The Morgan fingerprint density at radius 2 is 2.45 bits per heavy atom. The number of aromatic nitrogens is 2. The third kappa shape index (κ3) is 3.23. The van der Waals surface area contributed by atoms with Crippen LogP contribution < -0.4 is 11.0 Å². The van der Waals surface area contributed by atoms with Crippen molar-refractivity contribution in [3.63, 3.8) is 0 Å². The summed E-state index contributed by atoms with van der Waals surface area (Å²) in [6.45, 7) is 0.923. The lowest BCUT2D eigenvalue weighted by atomic mass is 10.2. The van der Waals surface area contributed by atoms with Gasteiger partial charge in [-0.3, -0.25) is 9.36 Å². The highest BCUT2D eigenvalue weighted by atomic mass is 32.1. The quantitative estimate of drug-likeness (QED) is 0.932. The van der Waals surface area contributed by atoms with Crippen LogP contribution in [0.25, 0.3) is 0 Å². The van der Waals surface area contributed by atoms with E-state index in [2.05, 4.69) is 10.3 Å². The van der Waals surface area contributed by atoms with Crippen molar-refractivity contribution in [3.05, 3.63) is 44.9 Å². The Labute approximate surface area is 129 Å². The fourth-order valence-corrected chi connectivity index (χ4v) is 2.89. The van der Waals surface area contributed by atoms with Crippen LogP contribution in [-0.2, 0) is 11.3 Å². The van der Waals surface area contributed by atoms with Crippen LogP contribution >= 0.6 is 11.3 Å². The Kier molecular flexibility index (Phi) is 4.30. The first-order valence-electron chi connectivity index (χ1n) is 6.87. The summed E-state index contributed by atoms with van der Waals surface area (Å²) >= 11 is 1.22. The van der Waals surface area contributed by atoms with E-state index in [1.165, 1.54) is 15.9 Å². The summed E-state index contributed by atoms with van der Waals surface area (Å²) in [4.78, 5) is 27.8. The maximum absolute atomic E-state index is 14.0. The molecule has 116 valence electrons. The summed E-state index contributed by atoms with van der Waals surface area (Å²) in [6, 6.07) is 3.32. The molecule has 1 aliphatic rings. The molecule has 1 fully saturated rings. The van der Waals surface area contributed by atoms with Gasteiger partial charge < -0.3 is 10.1 Å². The van der Waals surface area contributed by atoms with E-state index in [1.54, 1.807) is 17.5 Å². The van der Waals surface area contributed by atoms with Gasteiger partial charge in [0.05, 0.1) is 17.5 Å². The summed E-state index contributed by atoms with van der Waals surface area (Å²) < 4.78 is 20.6. The van der Waals surface area contributed by atoms with Crippen LogP contribution in [0.3, 0.4) is 0 Å². The first kappa shape index (κ1) is 14.9. The number of rotatable bonds is 4. The molecule has 0 aliphatic carbocycles. The van der Waals surface area contributed by atoms with E-state index in [0.29, 0.717) is 11.5 Å². The van der Waals surface area contributed by atoms with Gasteiger partial charge in [0, 0.05) is 12.8 Å². The molecule has 2 aromatic heterocycles. The van der Waals surface area contributed by atoms with E-state index < -0.39 is 17.4 Å². The van der Waals surface area contributed by atoms with Crippen molar-refractivity contribution in [1.29, 1.82) is 0 Å². The smallest absolute Gasteiger partial charge is 0.349 e. The number of anilines is 1. The predicted octanol–water partition coefficient (Wildman–Crippen LogP) is 1.88. The van der Waals surface area contributed by atoms with Gasteiger partial charge in [0.2, 0.25) is 0 Å². The normalized spacial score (nSPS) is 17.6. The molecule has 22 heavy (non-hydrogen) atoms. The van der Waals surface area contributed by atoms with Gasteiger partial charge >= 0.3 is 5.69 Å². The van der Waals surface area contributed by atoms with Gasteiger partial charge in [0.15, 0.2) is 11.6 Å². The highest BCUT2D eigenvalue weighted by Crippen LogP contribution is 2.15. The van der Waals surface area contributed by atoms with Crippen molar-refractivity contribution in [2.24, 2.45) is 0 Å². The highest BCUT2D eigenvalue weighted by Gasteiger charge is 2.19. The molecule has 3 heterocycles. The van der Waals surface area contributed by atoms with Crippen LogP contribution in [-0.4, -0.2) is 28.2 Å². The zero-order chi connectivity index (χ0) is 15.5. The van der Waals surface area contributed by atoms with Crippen molar-refractivity contribution in [2.45, 2.75) is 25.5 Å². The Hall–Kier alpha value is -2.06. The summed E-state index contributed by atoms with van der Waals surface area (Å²) in [5.74, 6) is -1.59. The second-order valence-electron chi connectivity index (χ2n) is 4.94. The zero-order valence-corrected chi connectivity index (χ0v) is 12.4. The number of nitrogens with zero attached hydrogens (tertiary/aromatic N) is 2. The van der Waals surface area contributed by atoms with Crippen LogP contribution in [0.4, 0.5) is 10.2 Å². The number of hydrogen-bond acceptors (Lipinski definition) is 5. The number of hydrogen-bond donors (Lipinski definition) is 1. The van der Waals surface area contributed by atoms with Crippen LogP contribution in [0, 0.1) is 5.82 Å². The molecule has 0 saturated carbocycles. The summed E-state index contributed by atoms with van der Waals surface area (Å²) in [5.41, 5.74) is -0.613. The first-order valence-corrected chi connectivity index (χ1v) is 7.75. The van der Waals surface area contributed by atoms with E-state index in [-0.39, 0.29) is 18.5 Å². The average Bonchev–Trinajstić information content (AvgIpc) is 3.17. The molecule has 0 aromatic carbocycles. The van der Waals surface area contributed by atoms with Gasteiger partial charge in [-0.15, -0.1) is 11.3 Å². The molecule has 2 aromatic rings. The van der Waals surface area contributed by atoms with E-state index >= 15 is 0 Å². The Bertz CT molecular complexity index is 723. The van der Waals surface area contributed by atoms with E-state index in [0.717, 1.165) is 19.0 Å². The van der Waals surface area contributed by atoms with Crippen LogP contribution in [0.5, 0.6) is 0 Å². The number of amides is 1. The molecule has 1 unspecified atom stereocenters. The summed E-state index contributed by atoms with van der Waals surface area (Å²) in [5, 5.41) is 4.05. The van der Waals surface area contributed by atoms with Gasteiger partial charge in [-0.05, 0) is 24.3 Å². The van der Waals surface area contributed by atoms with Gasteiger partial charge in [0.25, 0.3) is 5.91 Å². The predicted molar refractivity (Wildman–Crippen MR) is 79.7 cm³/mol. The molecule has 1 atom stereocenters. The number of carbonyl (C=O) groups is 1. The second-order valence-corrected chi connectivity index (χ2v) is 5.89. The largest absolute Gasteiger partial charge is 0.376 e. The van der Waals surface area contributed by atoms with Gasteiger partial charge in [0.1, 0.15) is 0 Å². The molecule has 6 nitrogen and oxygen atoms in total. The summed E-state index contributed by atoms with van der Waals surface area (Å²) in [6.07, 6.45) is 2.74. The fraction of sp³-hybridized carbons (Fsp3) is 0.357. The molecule has 1 aliphatic heterocycles. The van der Waals surface area contributed by atoms with Crippen molar-refractivity contribution >= 4 is 23.1 Å². The summed E-state index contributed by atoms with van der Waals surface area (Å²) in [7, 11) is 0. The van der Waals surface area contributed by atoms with Gasteiger partial charge in [-0.2, -0.15) is 4.98 Å². The lowest BCUT2D eigenvalue weighted by molar-refractivity contribution is 0.0954.